The van der Waals surface area contributed by atoms with Gasteiger partial charge in [0, 0.05) is 37.8 Å². The first-order valence-corrected chi connectivity index (χ1v) is 5.34. The van der Waals surface area contributed by atoms with Gasteiger partial charge < -0.3 is 4.90 Å². The van der Waals surface area contributed by atoms with Gasteiger partial charge in [0.05, 0.1) is 0 Å². The summed E-state index contributed by atoms with van der Waals surface area (Å²) in [4.78, 5) is 17.9. The number of aromatic nitrogens is 1. The van der Waals surface area contributed by atoms with E-state index < -0.39 is 0 Å². The van der Waals surface area contributed by atoms with Crippen molar-refractivity contribution in [2.45, 2.75) is 19.8 Å². The lowest BCUT2D eigenvalue weighted by Crippen LogP contribution is -2.23. The Morgan fingerprint density at radius 3 is 3.00 bits per heavy atom. The summed E-state index contributed by atoms with van der Waals surface area (Å²) >= 11 is 0. The highest BCUT2D eigenvalue weighted by Gasteiger charge is 2.29. The SMILES string of the molecule is Cc1cccnc1CC1CCN(C)C1=O. The smallest absolute Gasteiger partial charge is 0.225 e. The Morgan fingerprint density at radius 1 is 1.60 bits per heavy atom. The molecule has 1 amide bonds. The molecule has 0 saturated carbocycles. The number of rotatable bonds is 2. The van der Waals surface area contributed by atoms with Crippen molar-refractivity contribution in [3.05, 3.63) is 29.6 Å². The van der Waals surface area contributed by atoms with E-state index in [4.69, 9.17) is 0 Å². The topological polar surface area (TPSA) is 33.2 Å². The van der Waals surface area contributed by atoms with E-state index in [1.807, 2.05) is 31.0 Å². The van der Waals surface area contributed by atoms with Crippen LogP contribution in [0.5, 0.6) is 0 Å². The van der Waals surface area contributed by atoms with Gasteiger partial charge in [-0.05, 0) is 25.0 Å². The van der Waals surface area contributed by atoms with Crippen LogP contribution in [0.3, 0.4) is 0 Å². The molecule has 1 atom stereocenters. The molecule has 0 N–H and O–H groups in total. The lowest BCUT2D eigenvalue weighted by molar-refractivity contribution is -0.129. The fourth-order valence-corrected chi connectivity index (χ4v) is 2.05. The second-order valence-electron chi connectivity index (χ2n) is 4.22. The molecule has 0 aromatic carbocycles. The van der Waals surface area contributed by atoms with Crippen molar-refractivity contribution >= 4 is 5.91 Å². The van der Waals surface area contributed by atoms with Crippen LogP contribution in [0.2, 0.25) is 0 Å². The lowest BCUT2D eigenvalue weighted by Gasteiger charge is -2.10. The predicted molar refractivity (Wildman–Crippen MR) is 58.4 cm³/mol. The van der Waals surface area contributed by atoms with E-state index in [0.29, 0.717) is 0 Å². The number of hydrogen-bond donors (Lipinski definition) is 0. The number of likely N-dealkylation sites (tertiary alicyclic amines) is 1. The van der Waals surface area contributed by atoms with E-state index in [2.05, 4.69) is 4.98 Å². The normalized spacial score (nSPS) is 21.1. The first-order valence-electron chi connectivity index (χ1n) is 5.34. The molecule has 2 rings (SSSR count). The van der Waals surface area contributed by atoms with Gasteiger partial charge in [-0.1, -0.05) is 6.07 Å². The Morgan fingerprint density at radius 2 is 2.40 bits per heavy atom. The summed E-state index contributed by atoms with van der Waals surface area (Å²) in [6.07, 6.45) is 3.55. The van der Waals surface area contributed by atoms with Crippen LogP contribution in [0.4, 0.5) is 0 Å². The molecule has 15 heavy (non-hydrogen) atoms. The predicted octanol–water partition coefficient (Wildman–Crippen LogP) is 1.41. The van der Waals surface area contributed by atoms with Crippen molar-refractivity contribution < 1.29 is 4.79 Å². The van der Waals surface area contributed by atoms with E-state index in [1.54, 1.807) is 6.20 Å². The van der Waals surface area contributed by atoms with Crippen LogP contribution < -0.4 is 0 Å². The van der Waals surface area contributed by atoms with E-state index >= 15 is 0 Å². The fourth-order valence-electron chi connectivity index (χ4n) is 2.05. The van der Waals surface area contributed by atoms with Gasteiger partial charge in [-0.2, -0.15) is 0 Å². The molecule has 3 heteroatoms. The van der Waals surface area contributed by atoms with Gasteiger partial charge in [0.25, 0.3) is 0 Å². The zero-order valence-corrected chi connectivity index (χ0v) is 9.23. The minimum atomic E-state index is 0.142. The van der Waals surface area contributed by atoms with Crippen molar-refractivity contribution in [1.82, 2.24) is 9.88 Å². The maximum absolute atomic E-state index is 11.7. The first-order chi connectivity index (χ1) is 7.18. The van der Waals surface area contributed by atoms with Crippen LogP contribution in [-0.2, 0) is 11.2 Å². The molecule has 80 valence electrons. The third kappa shape index (κ3) is 2.01. The molecular weight excluding hydrogens is 188 g/mol. The molecule has 1 aliphatic heterocycles. The van der Waals surface area contributed by atoms with E-state index in [9.17, 15) is 4.79 Å². The highest BCUT2D eigenvalue weighted by Crippen LogP contribution is 2.21. The summed E-state index contributed by atoms with van der Waals surface area (Å²) in [7, 11) is 1.87. The van der Waals surface area contributed by atoms with Gasteiger partial charge in [0.15, 0.2) is 0 Å². The van der Waals surface area contributed by atoms with E-state index in [1.165, 1.54) is 5.56 Å². The number of carbonyl (C=O) groups is 1. The molecule has 1 aliphatic rings. The zero-order valence-electron chi connectivity index (χ0n) is 9.23. The second-order valence-corrected chi connectivity index (χ2v) is 4.22. The number of aryl methyl sites for hydroxylation is 1. The molecule has 1 fully saturated rings. The van der Waals surface area contributed by atoms with Crippen LogP contribution in [0.1, 0.15) is 17.7 Å². The molecule has 0 spiro atoms. The van der Waals surface area contributed by atoms with Crippen LogP contribution in [0.15, 0.2) is 18.3 Å². The highest BCUT2D eigenvalue weighted by atomic mass is 16.2. The van der Waals surface area contributed by atoms with Crippen molar-refractivity contribution in [1.29, 1.82) is 0 Å². The summed E-state index contributed by atoms with van der Waals surface area (Å²) < 4.78 is 0. The maximum atomic E-state index is 11.7. The number of pyridine rings is 1. The molecule has 0 aliphatic carbocycles. The second kappa shape index (κ2) is 4.01. The third-order valence-electron chi connectivity index (χ3n) is 3.10. The Balaban J connectivity index is 2.10. The fraction of sp³-hybridized carbons (Fsp3) is 0.500. The van der Waals surface area contributed by atoms with Crippen molar-refractivity contribution in [2.75, 3.05) is 13.6 Å². The van der Waals surface area contributed by atoms with Crippen LogP contribution in [0.25, 0.3) is 0 Å². The molecule has 0 bridgehead atoms. The van der Waals surface area contributed by atoms with Crippen LogP contribution in [0, 0.1) is 12.8 Å². The molecule has 1 aromatic heterocycles. The Labute approximate surface area is 90.1 Å². The van der Waals surface area contributed by atoms with Crippen molar-refractivity contribution in [2.24, 2.45) is 5.92 Å². The molecule has 0 radical (unpaired) electrons. The summed E-state index contributed by atoms with van der Waals surface area (Å²) in [5, 5.41) is 0. The zero-order chi connectivity index (χ0) is 10.8. The van der Waals surface area contributed by atoms with Gasteiger partial charge in [-0.25, -0.2) is 0 Å². The number of amides is 1. The van der Waals surface area contributed by atoms with E-state index in [-0.39, 0.29) is 11.8 Å². The van der Waals surface area contributed by atoms with E-state index in [0.717, 1.165) is 25.1 Å². The van der Waals surface area contributed by atoms with Gasteiger partial charge in [-0.15, -0.1) is 0 Å². The van der Waals surface area contributed by atoms with Crippen LogP contribution >= 0.6 is 0 Å². The average molecular weight is 204 g/mol. The minimum absolute atomic E-state index is 0.142. The molecule has 1 aromatic rings. The summed E-state index contributed by atoms with van der Waals surface area (Å²) in [6, 6.07) is 3.98. The van der Waals surface area contributed by atoms with Crippen molar-refractivity contribution in [3.63, 3.8) is 0 Å². The van der Waals surface area contributed by atoms with Gasteiger partial charge in [0.2, 0.25) is 5.91 Å². The number of carbonyl (C=O) groups excluding carboxylic acids is 1. The molecule has 2 heterocycles. The van der Waals surface area contributed by atoms with Gasteiger partial charge in [0.1, 0.15) is 0 Å². The minimum Gasteiger partial charge on any atom is -0.345 e. The maximum Gasteiger partial charge on any atom is 0.225 e. The van der Waals surface area contributed by atoms with Gasteiger partial charge >= 0.3 is 0 Å². The summed E-state index contributed by atoms with van der Waals surface area (Å²) in [5.74, 6) is 0.406. The number of nitrogens with zero attached hydrogens (tertiary/aromatic N) is 2. The summed E-state index contributed by atoms with van der Waals surface area (Å²) in [6.45, 7) is 2.93. The molecule has 1 saturated heterocycles. The highest BCUT2D eigenvalue weighted by molar-refractivity contribution is 5.80. The third-order valence-corrected chi connectivity index (χ3v) is 3.10. The Kier molecular flexibility index (Phi) is 2.71. The van der Waals surface area contributed by atoms with Crippen molar-refractivity contribution in [3.8, 4) is 0 Å². The van der Waals surface area contributed by atoms with Gasteiger partial charge in [-0.3, -0.25) is 9.78 Å². The molecule has 3 nitrogen and oxygen atoms in total. The Hall–Kier alpha value is -1.38. The lowest BCUT2D eigenvalue weighted by atomic mass is 9.99. The number of hydrogen-bond acceptors (Lipinski definition) is 2. The Bertz CT molecular complexity index is 376. The molecule has 1 unspecified atom stereocenters. The first kappa shape index (κ1) is 10.1. The summed E-state index contributed by atoms with van der Waals surface area (Å²) in [5.41, 5.74) is 2.24. The average Bonchev–Trinajstić information content (AvgIpc) is 2.53. The largest absolute Gasteiger partial charge is 0.345 e. The quantitative estimate of drug-likeness (QED) is 0.729. The van der Waals surface area contributed by atoms with Crippen LogP contribution in [-0.4, -0.2) is 29.4 Å². The molecular formula is C12H16N2O. The standard InChI is InChI=1S/C12H16N2O/c1-9-4-3-6-13-11(9)8-10-5-7-14(2)12(10)15/h3-4,6,10H,5,7-8H2,1-2H3. The monoisotopic (exact) mass is 204 g/mol.